The van der Waals surface area contributed by atoms with Crippen molar-refractivity contribution >= 4 is 17.2 Å². The zero-order chi connectivity index (χ0) is 25.0. The molecular formula is C25H23F5N2O2S. The first kappa shape index (κ1) is 25.3. The Balaban J connectivity index is 1.48. The van der Waals surface area contributed by atoms with Gasteiger partial charge in [-0.25, -0.2) is 8.78 Å². The summed E-state index contributed by atoms with van der Waals surface area (Å²) in [4.78, 5) is 0. The van der Waals surface area contributed by atoms with E-state index < -0.39 is 17.9 Å². The SMILES string of the molecule is [O-][S+](Nc1ccc(OC(F)(F)F)cc1)N1CCCC(C(c2ccc(F)cc2)c2ccc(F)cc2)C1. The monoisotopic (exact) mass is 510 g/mol. The second-order valence-corrected chi connectivity index (χ2v) is 9.51. The third-order valence-electron chi connectivity index (χ3n) is 5.88. The van der Waals surface area contributed by atoms with Crippen LogP contribution in [0.15, 0.2) is 72.8 Å². The molecule has 1 saturated heterocycles. The molecule has 0 aliphatic carbocycles. The molecule has 0 amide bonds. The number of hydrogen-bond donors (Lipinski definition) is 1. The normalized spacial score (nSPS) is 17.9. The number of nitrogens with zero attached hydrogens (tertiary/aromatic N) is 1. The van der Waals surface area contributed by atoms with Crippen LogP contribution in [0.4, 0.5) is 27.6 Å². The highest BCUT2D eigenvalue weighted by atomic mass is 32.2. The Morgan fingerprint density at radius 1 is 0.886 bits per heavy atom. The molecule has 0 bridgehead atoms. The fourth-order valence-electron chi connectivity index (χ4n) is 4.36. The largest absolute Gasteiger partial charge is 0.573 e. The van der Waals surface area contributed by atoms with E-state index in [1.807, 2.05) is 0 Å². The Kier molecular flexibility index (Phi) is 7.83. The van der Waals surface area contributed by atoms with Gasteiger partial charge in [-0.05, 0) is 78.4 Å². The molecule has 4 nitrogen and oxygen atoms in total. The molecule has 186 valence electrons. The Labute approximate surface area is 203 Å². The summed E-state index contributed by atoms with van der Waals surface area (Å²) in [6, 6.07) is 17.4. The molecule has 1 fully saturated rings. The van der Waals surface area contributed by atoms with E-state index in [0.717, 1.165) is 36.1 Å². The van der Waals surface area contributed by atoms with Crippen molar-refractivity contribution in [2.24, 2.45) is 5.92 Å². The van der Waals surface area contributed by atoms with Crippen LogP contribution in [-0.2, 0) is 11.5 Å². The van der Waals surface area contributed by atoms with Gasteiger partial charge in [0.25, 0.3) is 0 Å². The first-order valence-corrected chi connectivity index (χ1v) is 12.1. The lowest BCUT2D eigenvalue weighted by molar-refractivity contribution is -0.274. The minimum absolute atomic E-state index is 0.0213. The Morgan fingerprint density at radius 3 is 1.94 bits per heavy atom. The predicted molar refractivity (Wildman–Crippen MR) is 124 cm³/mol. The van der Waals surface area contributed by atoms with Gasteiger partial charge in [-0.1, -0.05) is 24.3 Å². The molecule has 0 radical (unpaired) electrons. The van der Waals surface area contributed by atoms with Crippen molar-refractivity contribution in [3.05, 3.63) is 95.6 Å². The number of halogens is 5. The molecule has 0 spiro atoms. The maximum atomic E-state index is 13.6. The van der Waals surface area contributed by atoms with Crippen molar-refractivity contribution in [3.8, 4) is 5.75 Å². The molecule has 3 aromatic carbocycles. The van der Waals surface area contributed by atoms with E-state index in [1.54, 1.807) is 28.6 Å². The Bertz CT molecular complexity index is 1050. The third-order valence-corrected chi connectivity index (χ3v) is 7.09. The number of alkyl halides is 3. The zero-order valence-corrected chi connectivity index (χ0v) is 19.3. The van der Waals surface area contributed by atoms with Crippen molar-refractivity contribution < 1.29 is 31.2 Å². The van der Waals surface area contributed by atoms with E-state index in [9.17, 15) is 26.5 Å². The van der Waals surface area contributed by atoms with Gasteiger partial charge < -0.3 is 9.29 Å². The highest BCUT2D eigenvalue weighted by Gasteiger charge is 2.35. The molecule has 1 heterocycles. The number of rotatable bonds is 7. The highest BCUT2D eigenvalue weighted by molar-refractivity contribution is 7.90. The first-order valence-electron chi connectivity index (χ1n) is 11.0. The lowest BCUT2D eigenvalue weighted by Gasteiger charge is -2.36. The molecule has 0 saturated carbocycles. The van der Waals surface area contributed by atoms with Crippen LogP contribution >= 0.6 is 0 Å². The van der Waals surface area contributed by atoms with Crippen molar-refractivity contribution in [2.45, 2.75) is 25.1 Å². The summed E-state index contributed by atoms with van der Waals surface area (Å²) >= 11 is -1.64. The molecule has 2 unspecified atom stereocenters. The lowest BCUT2D eigenvalue weighted by atomic mass is 9.77. The summed E-state index contributed by atoms with van der Waals surface area (Å²) in [7, 11) is 0. The van der Waals surface area contributed by atoms with Gasteiger partial charge in [-0.3, -0.25) is 0 Å². The average Bonchev–Trinajstić information content (AvgIpc) is 2.82. The van der Waals surface area contributed by atoms with Gasteiger partial charge in [0, 0.05) is 12.5 Å². The summed E-state index contributed by atoms with van der Waals surface area (Å²) in [5.74, 6) is -1.21. The number of hydrogen-bond acceptors (Lipinski definition) is 4. The summed E-state index contributed by atoms with van der Waals surface area (Å²) in [6.45, 7) is 1.01. The molecule has 10 heteroatoms. The summed E-state index contributed by atoms with van der Waals surface area (Å²) < 4.78 is 85.6. The number of ether oxygens (including phenoxy) is 1. The molecule has 1 N–H and O–H groups in total. The molecule has 0 aromatic heterocycles. The fraction of sp³-hybridized carbons (Fsp3) is 0.280. The molecular weight excluding hydrogens is 487 g/mol. The van der Waals surface area contributed by atoms with Crippen LogP contribution < -0.4 is 9.46 Å². The molecule has 2 atom stereocenters. The molecule has 35 heavy (non-hydrogen) atoms. The Hall–Kier alpha value is -2.82. The topological polar surface area (TPSA) is 47.6 Å². The van der Waals surface area contributed by atoms with Crippen LogP contribution in [-0.4, -0.2) is 28.3 Å². The average molecular weight is 511 g/mol. The van der Waals surface area contributed by atoms with Gasteiger partial charge in [0.1, 0.15) is 17.4 Å². The lowest BCUT2D eigenvalue weighted by Crippen LogP contribution is -2.44. The number of nitrogens with one attached hydrogen (secondary N) is 1. The van der Waals surface area contributed by atoms with E-state index in [0.29, 0.717) is 18.8 Å². The molecule has 1 aliphatic rings. The maximum Gasteiger partial charge on any atom is 0.573 e. The van der Waals surface area contributed by atoms with E-state index in [1.165, 1.54) is 36.4 Å². The number of piperidine rings is 1. The van der Waals surface area contributed by atoms with Crippen LogP contribution in [0.3, 0.4) is 0 Å². The van der Waals surface area contributed by atoms with Crippen molar-refractivity contribution in [2.75, 3.05) is 17.8 Å². The molecule has 3 aromatic rings. The fourth-order valence-corrected chi connectivity index (χ4v) is 5.45. The van der Waals surface area contributed by atoms with Crippen LogP contribution in [0.25, 0.3) is 0 Å². The van der Waals surface area contributed by atoms with E-state index in [2.05, 4.69) is 9.46 Å². The van der Waals surface area contributed by atoms with E-state index in [4.69, 9.17) is 0 Å². The standard InChI is InChI=1S/C25H23F5N2O2S/c26-20-7-3-17(4-8-20)24(18-5-9-21(27)10-6-18)19-2-1-15-32(16-19)35(33)31-22-11-13-23(14-12-22)34-25(28,29)30/h3-14,19,24,31H,1-2,15-16H2. The summed E-state index contributed by atoms with van der Waals surface area (Å²) in [5.41, 5.74) is 2.14. The van der Waals surface area contributed by atoms with Gasteiger partial charge in [0.2, 0.25) is 0 Å². The van der Waals surface area contributed by atoms with Gasteiger partial charge in [0.05, 0.1) is 12.2 Å². The molecule has 1 aliphatic heterocycles. The van der Waals surface area contributed by atoms with Crippen molar-refractivity contribution in [3.63, 3.8) is 0 Å². The predicted octanol–water partition coefficient (Wildman–Crippen LogP) is 6.40. The highest BCUT2D eigenvalue weighted by Crippen LogP contribution is 2.38. The van der Waals surface area contributed by atoms with E-state index >= 15 is 0 Å². The second kappa shape index (κ2) is 10.8. The number of anilines is 1. The van der Waals surface area contributed by atoms with Gasteiger partial charge in [0.15, 0.2) is 11.5 Å². The maximum absolute atomic E-state index is 13.6. The van der Waals surface area contributed by atoms with E-state index in [-0.39, 0.29) is 29.2 Å². The van der Waals surface area contributed by atoms with Crippen LogP contribution in [0.2, 0.25) is 0 Å². The van der Waals surface area contributed by atoms with Gasteiger partial charge >= 0.3 is 6.36 Å². The minimum atomic E-state index is -4.79. The summed E-state index contributed by atoms with van der Waals surface area (Å²) in [6.07, 6.45) is -3.20. The van der Waals surface area contributed by atoms with Gasteiger partial charge in [-0.2, -0.15) is 4.72 Å². The third kappa shape index (κ3) is 6.87. The zero-order valence-electron chi connectivity index (χ0n) is 18.5. The molecule has 4 rings (SSSR count). The number of benzene rings is 3. The van der Waals surface area contributed by atoms with Crippen LogP contribution in [0.1, 0.15) is 29.9 Å². The second-order valence-electron chi connectivity index (χ2n) is 8.29. The quantitative estimate of drug-likeness (QED) is 0.295. The minimum Gasteiger partial charge on any atom is -0.573 e. The van der Waals surface area contributed by atoms with Gasteiger partial charge in [-0.15, -0.1) is 17.5 Å². The van der Waals surface area contributed by atoms with Crippen molar-refractivity contribution in [1.29, 1.82) is 0 Å². The summed E-state index contributed by atoms with van der Waals surface area (Å²) in [5, 5.41) is 0. The first-order chi connectivity index (χ1) is 16.7. The van der Waals surface area contributed by atoms with Crippen LogP contribution in [0, 0.1) is 17.6 Å². The van der Waals surface area contributed by atoms with Crippen LogP contribution in [0.5, 0.6) is 5.75 Å². The Morgan fingerprint density at radius 2 is 1.43 bits per heavy atom. The van der Waals surface area contributed by atoms with Crippen molar-refractivity contribution in [1.82, 2.24) is 4.31 Å². The smallest absolute Gasteiger partial charge is 0.573 e.